The Balaban J connectivity index is 2.55. The van der Waals surface area contributed by atoms with E-state index in [0.29, 0.717) is 18.7 Å². The van der Waals surface area contributed by atoms with E-state index in [9.17, 15) is 4.79 Å². The third-order valence-electron chi connectivity index (χ3n) is 0.892. The van der Waals surface area contributed by atoms with E-state index in [2.05, 4.69) is 5.32 Å². The zero-order valence-corrected chi connectivity index (χ0v) is 3.82. The first-order chi connectivity index (χ1) is 3.29. The highest BCUT2D eigenvalue weighted by atomic mass is 16.1. The van der Waals surface area contributed by atoms with Gasteiger partial charge in [0, 0.05) is 12.8 Å². The number of amides is 1. The molecule has 0 spiro atoms. The molecular weight excluding hydrogens is 92.1 g/mol. The summed E-state index contributed by atoms with van der Waals surface area (Å²) < 4.78 is 0. The Hall–Kier alpha value is -0.860. The average molecular weight is 98.1 g/mol. The molecule has 0 unspecified atom stereocenters. The van der Waals surface area contributed by atoms with Gasteiger partial charge in [-0.1, -0.05) is 0 Å². The first kappa shape index (κ1) is 4.30. The Morgan fingerprint density at radius 2 is 2.29 bits per heavy atom. The van der Waals surface area contributed by atoms with Gasteiger partial charge in [0.25, 0.3) is 0 Å². The molecule has 0 saturated carbocycles. The van der Waals surface area contributed by atoms with Crippen LogP contribution in [-0.4, -0.2) is 11.7 Å². The molecule has 1 saturated heterocycles. The van der Waals surface area contributed by atoms with Crippen LogP contribution in [0, 0.1) is 5.41 Å². The van der Waals surface area contributed by atoms with Crippen molar-refractivity contribution >= 4 is 11.7 Å². The molecule has 2 N–H and O–H groups in total. The number of carbonyl (C=O) groups excluding carboxylic acids is 1. The molecule has 1 fully saturated rings. The van der Waals surface area contributed by atoms with Gasteiger partial charge in [-0.05, 0) is 0 Å². The summed E-state index contributed by atoms with van der Waals surface area (Å²) >= 11 is 0. The van der Waals surface area contributed by atoms with Gasteiger partial charge in [0.2, 0.25) is 5.91 Å². The molecule has 0 bridgehead atoms. The van der Waals surface area contributed by atoms with Gasteiger partial charge in [0.1, 0.15) is 5.84 Å². The van der Waals surface area contributed by atoms with Crippen LogP contribution in [0.1, 0.15) is 12.8 Å². The highest BCUT2D eigenvalue weighted by molar-refractivity contribution is 6.03. The van der Waals surface area contributed by atoms with E-state index in [1.165, 1.54) is 0 Å². The number of nitrogens with one attached hydrogen (secondary N) is 2. The van der Waals surface area contributed by atoms with Gasteiger partial charge in [-0.15, -0.1) is 0 Å². The van der Waals surface area contributed by atoms with Crippen molar-refractivity contribution in [3.63, 3.8) is 0 Å². The summed E-state index contributed by atoms with van der Waals surface area (Å²) in [5.74, 6) is 0.329. The van der Waals surface area contributed by atoms with E-state index in [1.54, 1.807) is 0 Å². The number of hydrogen-bond acceptors (Lipinski definition) is 2. The zero-order chi connectivity index (χ0) is 5.28. The SMILES string of the molecule is N=C1CCC(=O)N1. The van der Waals surface area contributed by atoms with Crippen molar-refractivity contribution in [2.24, 2.45) is 0 Å². The summed E-state index contributed by atoms with van der Waals surface area (Å²) in [6.07, 6.45) is 1.09. The smallest absolute Gasteiger partial charge is 0.225 e. The van der Waals surface area contributed by atoms with Crippen molar-refractivity contribution in [3.8, 4) is 0 Å². The summed E-state index contributed by atoms with van der Waals surface area (Å²) in [5.41, 5.74) is 0. The first-order valence-corrected chi connectivity index (χ1v) is 2.16. The second kappa shape index (κ2) is 1.33. The van der Waals surface area contributed by atoms with Crippen LogP contribution in [-0.2, 0) is 4.79 Å². The summed E-state index contributed by atoms with van der Waals surface area (Å²) in [4.78, 5) is 10.2. The second-order valence-electron chi connectivity index (χ2n) is 1.53. The fourth-order valence-corrected chi connectivity index (χ4v) is 0.532. The minimum absolute atomic E-state index is 0.0231. The molecule has 7 heavy (non-hydrogen) atoms. The minimum atomic E-state index is -0.0231. The van der Waals surface area contributed by atoms with Gasteiger partial charge >= 0.3 is 0 Å². The van der Waals surface area contributed by atoms with E-state index in [4.69, 9.17) is 5.41 Å². The molecule has 0 aromatic rings. The molecule has 1 amide bonds. The molecule has 38 valence electrons. The van der Waals surface area contributed by atoms with E-state index >= 15 is 0 Å². The largest absolute Gasteiger partial charge is 0.315 e. The lowest BCUT2D eigenvalue weighted by molar-refractivity contribution is -0.118. The van der Waals surface area contributed by atoms with Gasteiger partial charge < -0.3 is 5.32 Å². The van der Waals surface area contributed by atoms with Crippen LogP contribution < -0.4 is 5.32 Å². The minimum Gasteiger partial charge on any atom is -0.315 e. The number of carbonyl (C=O) groups is 1. The molecule has 1 aliphatic heterocycles. The van der Waals surface area contributed by atoms with E-state index in [-0.39, 0.29) is 5.91 Å². The molecule has 0 aliphatic carbocycles. The van der Waals surface area contributed by atoms with Gasteiger partial charge in [-0.3, -0.25) is 10.2 Å². The van der Waals surface area contributed by atoms with Crippen LogP contribution in [0.25, 0.3) is 0 Å². The maximum absolute atomic E-state index is 10.2. The lowest BCUT2D eigenvalue weighted by Gasteiger charge is -1.83. The zero-order valence-electron chi connectivity index (χ0n) is 3.82. The molecule has 3 heteroatoms. The van der Waals surface area contributed by atoms with Gasteiger partial charge in [-0.2, -0.15) is 0 Å². The van der Waals surface area contributed by atoms with Crippen LogP contribution in [0.5, 0.6) is 0 Å². The molecule has 1 heterocycles. The van der Waals surface area contributed by atoms with Crippen molar-refractivity contribution in [2.75, 3.05) is 0 Å². The Labute approximate surface area is 41.2 Å². The highest BCUT2D eigenvalue weighted by Gasteiger charge is 2.12. The van der Waals surface area contributed by atoms with E-state index in [0.717, 1.165) is 0 Å². The second-order valence-corrected chi connectivity index (χ2v) is 1.53. The van der Waals surface area contributed by atoms with E-state index < -0.39 is 0 Å². The summed E-state index contributed by atoms with van der Waals surface area (Å²) in [7, 11) is 0. The lowest BCUT2D eigenvalue weighted by Crippen LogP contribution is -2.18. The third-order valence-corrected chi connectivity index (χ3v) is 0.892. The Morgan fingerprint density at radius 3 is 2.43 bits per heavy atom. The van der Waals surface area contributed by atoms with E-state index in [1.807, 2.05) is 0 Å². The third kappa shape index (κ3) is 0.765. The highest BCUT2D eigenvalue weighted by Crippen LogP contribution is 1.96. The standard InChI is InChI=1S/C4H6N2O/c5-3-1-2-4(7)6-3/h1-2H2,(H2,5,6,7). The Morgan fingerprint density at radius 1 is 1.57 bits per heavy atom. The maximum atomic E-state index is 10.2. The van der Waals surface area contributed by atoms with Crippen LogP contribution in [0.3, 0.4) is 0 Å². The normalized spacial score (nSPS) is 20.0. The lowest BCUT2D eigenvalue weighted by atomic mass is 10.4. The molecule has 0 radical (unpaired) electrons. The van der Waals surface area contributed by atoms with Crippen LogP contribution in [0.4, 0.5) is 0 Å². The van der Waals surface area contributed by atoms with Crippen molar-refractivity contribution in [2.45, 2.75) is 12.8 Å². The van der Waals surface area contributed by atoms with Crippen molar-refractivity contribution in [1.29, 1.82) is 5.41 Å². The van der Waals surface area contributed by atoms with Crippen LogP contribution in [0.15, 0.2) is 0 Å². The van der Waals surface area contributed by atoms with Crippen molar-refractivity contribution in [3.05, 3.63) is 0 Å². The van der Waals surface area contributed by atoms with Gasteiger partial charge in [0.05, 0.1) is 0 Å². The average Bonchev–Trinajstić information content (AvgIpc) is 1.87. The first-order valence-electron chi connectivity index (χ1n) is 2.16. The molecule has 0 aromatic carbocycles. The monoisotopic (exact) mass is 98.0 g/mol. The topological polar surface area (TPSA) is 53.0 Å². The number of hydrogen-bond donors (Lipinski definition) is 2. The quantitative estimate of drug-likeness (QED) is 0.435. The van der Waals surface area contributed by atoms with Gasteiger partial charge in [-0.25, -0.2) is 0 Å². The van der Waals surface area contributed by atoms with Crippen molar-refractivity contribution in [1.82, 2.24) is 5.32 Å². The summed E-state index contributed by atoms with van der Waals surface area (Å²) in [6.45, 7) is 0. The fourth-order valence-electron chi connectivity index (χ4n) is 0.532. The maximum Gasteiger partial charge on any atom is 0.225 e. The van der Waals surface area contributed by atoms with Crippen molar-refractivity contribution < 1.29 is 4.79 Å². The van der Waals surface area contributed by atoms with Crippen LogP contribution in [0.2, 0.25) is 0 Å². The summed E-state index contributed by atoms with van der Waals surface area (Å²) in [5, 5.41) is 9.21. The molecular formula is C4H6N2O. The predicted octanol–water partition coefficient (Wildman–Crippen LogP) is -0.126. The predicted molar refractivity (Wildman–Crippen MR) is 25.1 cm³/mol. The Kier molecular flexibility index (Phi) is 0.817. The molecule has 1 aliphatic rings. The van der Waals surface area contributed by atoms with Gasteiger partial charge in [0.15, 0.2) is 0 Å². The Bertz CT molecular complexity index is 105. The molecule has 0 aromatic heterocycles. The molecule has 1 rings (SSSR count). The molecule has 3 nitrogen and oxygen atoms in total. The molecule has 0 atom stereocenters. The number of rotatable bonds is 0. The number of amidine groups is 1. The fraction of sp³-hybridized carbons (Fsp3) is 0.500. The summed E-state index contributed by atoms with van der Waals surface area (Å²) in [6, 6.07) is 0. The van der Waals surface area contributed by atoms with Crippen LogP contribution >= 0.6 is 0 Å².